The van der Waals surface area contributed by atoms with Crippen LogP contribution in [0.4, 0.5) is 0 Å². The molecule has 37 heavy (non-hydrogen) atoms. The molecule has 3 heterocycles. The molecule has 5 aliphatic rings. The number of rotatable bonds is 0. The molecule has 0 aromatic rings. The smallest absolute Gasteiger partial charge is 0.331 e. The van der Waals surface area contributed by atoms with Crippen molar-refractivity contribution >= 4 is 11.9 Å². The van der Waals surface area contributed by atoms with Crippen molar-refractivity contribution in [2.75, 3.05) is 19.8 Å². The minimum Gasteiger partial charge on any atom is -0.462 e. The van der Waals surface area contributed by atoms with Gasteiger partial charge in [-0.2, -0.15) is 0 Å². The first kappa shape index (κ1) is 26.4. The van der Waals surface area contributed by atoms with Crippen LogP contribution in [-0.2, 0) is 33.3 Å². The lowest BCUT2D eigenvalue weighted by Crippen LogP contribution is -2.66. The van der Waals surface area contributed by atoms with Crippen molar-refractivity contribution < 1.29 is 38.4 Å². The number of allylic oxidation sites excluding steroid dienone is 3. The lowest BCUT2D eigenvalue weighted by atomic mass is 9.51. The number of ether oxygens (including phenoxy) is 5. The van der Waals surface area contributed by atoms with Gasteiger partial charge in [-0.1, -0.05) is 42.4 Å². The number of aliphatic hydroxyl groups excluding tert-OH is 1. The summed E-state index contributed by atoms with van der Waals surface area (Å²) >= 11 is 0. The van der Waals surface area contributed by atoms with Crippen molar-refractivity contribution in [2.45, 2.75) is 89.5 Å². The maximum Gasteiger partial charge on any atom is 0.331 e. The minimum absolute atomic E-state index is 0.144. The quantitative estimate of drug-likeness (QED) is 0.298. The first-order valence-corrected chi connectivity index (χ1v) is 13.3. The van der Waals surface area contributed by atoms with E-state index in [9.17, 15) is 14.7 Å². The van der Waals surface area contributed by atoms with Crippen LogP contribution in [0.15, 0.2) is 47.6 Å². The number of carbonyl (C=O) groups is 2. The van der Waals surface area contributed by atoms with Gasteiger partial charge in [0.2, 0.25) is 0 Å². The molecular formula is C29H38O8. The second-order valence-corrected chi connectivity index (χ2v) is 11.4. The van der Waals surface area contributed by atoms with E-state index in [1.807, 2.05) is 6.92 Å². The van der Waals surface area contributed by atoms with Crippen LogP contribution >= 0.6 is 0 Å². The van der Waals surface area contributed by atoms with Crippen molar-refractivity contribution in [3.05, 3.63) is 47.6 Å². The molecule has 8 heteroatoms. The van der Waals surface area contributed by atoms with Crippen molar-refractivity contribution in [2.24, 2.45) is 10.8 Å². The van der Waals surface area contributed by atoms with Crippen molar-refractivity contribution in [1.29, 1.82) is 0 Å². The van der Waals surface area contributed by atoms with Crippen LogP contribution in [0, 0.1) is 10.8 Å². The van der Waals surface area contributed by atoms with Crippen LogP contribution in [0.3, 0.4) is 0 Å². The molecular weight excluding hydrogens is 476 g/mol. The topological polar surface area (TPSA) is 104 Å². The highest BCUT2D eigenvalue weighted by Gasteiger charge is 2.83. The van der Waals surface area contributed by atoms with Gasteiger partial charge >= 0.3 is 11.9 Å². The zero-order valence-electron chi connectivity index (χ0n) is 22.1. The number of aliphatic hydroxyl groups is 1. The lowest BCUT2D eigenvalue weighted by molar-refractivity contribution is -0.232. The van der Waals surface area contributed by atoms with Gasteiger partial charge in [-0.15, -0.1) is 0 Å². The van der Waals surface area contributed by atoms with Crippen LogP contribution in [0.25, 0.3) is 0 Å². The van der Waals surface area contributed by atoms with Gasteiger partial charge < -0.3 is 28.8 Å². The van der Waals surface area contributed by atoms with Gasteiger partial charge in [-0.25, -0.2) is 9.59 Å². The van der Waals surface area contributed by atoms with E-state index in [-0.39, 0.29) is 18.8 Å². The summed E-state index contributed by atoms with van der Waals surface area (Å²) in [5.74, 6) is -0.891. The Morgan fingerprint density at radius 3 is 2.57 bits per heavy atom. The maximum atomic E-state index is 12.9. The summed E-state index contributed by atoms with van der Waals surface area (Å²) < 4.78 is 30.5. The Balaban J connectivity index is 1.50. The highest BCUT2D eigenvalue weighted by atomic mass is 16.6. The number of hydrogen-bond acceptors (Lipinski definition) is 8. The molecule has 8 nitrogen and oxygen atoms in total. The summed E-state index contributed by atoms with van der Waals surface area (Å²) in [6.07, 6.45) is 10.2. The molecule has 0 amide bonds. The Morgan fingerprint density at radius 2 is 1.81 bits per heavy atom. The van der Waals surface area contributed by atoms with E-state index in [0.717, 1.165) is 18.4 Å². The first-order chi connectivity index (χ1) is 17.6. The molecule has 2 aliphatic carbocycles. The molecule has 5 rings (SSSR count). The molecule has 2 bridgehead atoms. The van der Waals surface area contributed by atoms with Gasteiger partial charge in [0.25, 0.3) is 0 Å². The van der Waals surface area contributed by atoms with Gasteiger partial charge in [-0.3, -0.25) is 0 Å². The van der Waals surface area contributed by atoms with Crippen molar-refractivity contribution in [1.82, 2.24) is 0 Å². The summed E-state index contributed by atoms with van der Waals surface area (Å²) in [7, 11) is 0. The van der Waals surface area contributed by atoms with E-state index in [1.54, 1.807) is 25.2 Å². The molecule has 2 saturated heterocycles. The Kier molecular flexibility index (Phi) is 6.98. The maximum absolute atomic E-state index is 12.9. The first-order valence-electron chi connectivity index (χ1n) is 13.3. The van der Waals surface area contributed by atoms with E-state index < -0.39 is 46.7 Å². The van der Waals surface area contributed by atoms with Gasteiger partial charge in [0.15, 0.2) is 0 Å². The summed E-state index contributed by atoms with van der Waals surface area (Å²) in [5.41, 5.74) is 0.297. The summed E-state index contributed by atoms with van der Waals surface area (Å²) in [5, 5.41) is 10.3. The normalized spacial score (nSPS) is 44.5. The number of carbonyl (C=O) groups excluding carboxylic acids is 2. The zero-order valence-corrected chi connectivity index (χ0v) is 22.1. The average Bonchev–Trinajstić information content (AvgIpc) is 3.63. The zero-order chi connectivity index (χ0) is 26.4. The number of esters is 2. The second kappa shape index (κ2) is 9.80. The van der Waals surface area contributed by atoms with E-state index >= 15 is 0 Å². The Hall–Kier alpha value is -2.26. The summed E-state index contributed by atoms with van der Waals surface area (Å²) in [6.45, 7) is 8.88. The van der Waals surface area contributed by atoms with Gasteiger partial charge in [-0.05, 0) is 40.0 Å². The monoisotopic (exact) mass is 514 g/mol. The molecule has 202 valence electrons. The van der Waals surface area contributed by atoms with E-state index in [0.29, 0.717) is 26.1 Å². The Bertz CT molecular complexity index is 1050. The fraction of sp³-hybridized carbons (Fsp3) is 0.655. The predicted molar refractivity (Wildman–Crippen MR) is 134 cm³/mol. The van der Waals surface area contributed by atoms with Gasteiger partial charge in [0.05, 0.1) is 43.0 Å². The largest absolute Gasteiger partial charge is 0.462 e. The second-order valence-electron chi connectivity index (χ2n) is 11.4. The summed E-state index contributed by atoms with van der Waals surface area (Å²) in [4.78, 5) is 25.8. The van der Waals surface area contributed by atoms with Crippen LogP contribution in [0.5, 0.6) is 0 Å². The molecule has 2 spiro atoms. The minimum atomic E-state index is -0.839. The third-order valence-electron chi connectivity index (χ3n) is 9.32. The van der Waals surface area contributed by atoms with Crippen LogP contribution < -0.4 is 0 Å². The third kappa shape index (κ3) is 4.42. The molecule has 3 unspecified atom stereocenters. The molecule has 0 aromatic heterocycles. The Labute approximate surface area is 218 Å². The van der Waals surface area contributed by atoms with Gasteiger partial charge in [0.1, 0.15) is 18.3 Å². The molecule has 8 atom stereocenters. The number of epoxide rings is 1. The Morgan fingerprint density at radius 1 is 1.03 bits per heavy atom. The molecule has 1 saturated carbocycles. The number of hydrogen-bond donors (Lipinski definition) is 1. The lowest BCUT2D eigenvalue weighted by Gasteiger charge is -2.58. The van der Waals surface area contributed by atoms with Crippen molar-refractivity contribution in [3.8, 4) is 0 Å². The molecule has 3 fully saturated rings. The fourth-order valence-electron chi connectivity index (χ4n) is 6.80. The molecule has 3 aliphatic heterocycles. The average molecular weight is 515 g/mol. The van der Waals surface area contributed by atoms with Crippen LogP contribution in [0.2, 0.25) is 0 Å². The molecule has 0 aromatic carbocycles. The van der Waals surface area contributed by atoms with E-state index in [1.165, 1.54) is 17.7 Å². The van der Waals surface area contributed by atoms with Crippen molar-refractivity contribution in [3.63, 3.8) is 0 Å². The molecule has 0 radical (unpaired) electrons. The van der Waals surface area contributed by atoms with E-state index in [2.05, 4.69) is 19.9 Å². The SMILES string of the molecule is CC1=CC(=O)OC[C@]23CCC(C)=C[C@H]2O[C@@H]2C[C@@H](OC(=O)C=CC=CC(O)C(C)OCC1)[C@@]3(C)C21CO1. The van der Waals surface area contributed by atoms with Crippen LogP contribution in [0.1, 0.15) is 53.4 Å². The standard InChI is InChI=1S/C29H38O8/c1-18-9-11-28-16-34-26(32)14-19(2)10-12-33-20(3)21(30)7-5-6-8-25(31)37-22-15-24(36-23(28)13-18)29(17-35-29)27(22,28)4/h5-8,13-14,20-24,30H,9-12,15-17H2,1-4H3/t20?,21?,22-,23-,24-,27-,28-,29?/m1/s1. The molecule has 1 N–H and O–H groups in total. The van der Waals surface area contributed by atoms with E-state index in [4.69, 9.17) is 23.7 Å². The summed E-state index contributed by atoms with van der Waals surface area (Å²) in [6, 6.07) is 0. The third-order valence-corrected chi connectivity index (χ3v) is 9.32. The fourth-order valence-corrected chi connectivity index (χ4v) is 6.80. The predicted octanol–water partition coefficient (Wildman–Crippen LogP) is 3.34. The number of cyclic esters (lactones) is 1. The highest BCUT2D eigenvalue weighted by Crippen LogP contribution is 2.72. The highest BCUT2D eigenvalue weighted by molar-refractivity contribution is 5.83. The van der Waals surface area contributed by atoms with Gasteiger partial charge in [0, 0.05) is 24.0 Å². The van der Waals surface area contributed by atoms with Crippen LogP contribution in [-0.4, -0.2) is 73.0 Å².